The lowest BCUT2D eigenvalue weighted by atomic mass is 9.84. The van der Waals surface area contributed by atoms with Gasteiger partial charge < -0.3 is 4.79 Å². The summed E-state index contributed by atoms with van der Waals surface area (Å²) in [6, 6.07) is 0. The van der Waals surface area contributed by atoms with E-state index in [4.69, 9.17) is 0 Å². The SMILES string of the molecule is CC#CCC(C)(C)CC(C)=O. The van der Waals surface area contributed by atoms with Crippen molar-refractivity contribution >= 4 is 5.78 Å². The highest BCUT2D eigenvalue weighted by Crippen LogP contribution is 2.24. The third kappa shape index (κ3) is 5.66. The van der Waals surface area contributed by atoms with Gasteiger partial charge in [-0.05, 0) is 19.3 Å². The van der Waals surface area contributed by atoms with Gasteiger partial charge in [-0.25, -0.2) is 0 Å². The fraction of sp³-hybridized carbons (Fsp3) is 0.700. The van der Waals surface area contributed by atoms with Crippen LogP contribution < -0.4 is 0 Å². The number of carbonyl (C=O) groups excluding carboxylic acids is 1. The molecule has 0 saturated carbocycles. The van der Waals surface area contributed by atoms with Gasteiger partial charge in [0.25, 0.3) is 0 Å². The summed E-state index contributed by atoms with van der Waals surface area (Å²) >= 11 is 0. The van der Waals surface area contributed by atoms with Crippen molar-refractivity contribution < 1.29 is 4.79 Å². The van der Waals surface area contributed by atoms with Crippen molar-refractivity contribution in [1.82, 2.24) is 0 Å². The molecule has 1 nitrogen and oxygen atoms in total. The Hall–Kier alpha value is -0.770. The summed E-state index contributed by atoms with van der Waals surface area (Å²) in [4.78, 5) is 10.8. The van der Waals surface area contributed by atoms with E-state index in [0.29, 0.717) is 6.42 Å². The van der Waals surface area contributed by atoms with Crippen molar-refractivity contribution in [3.8, 4) is 11.8 Å². The van der Waals surface area contributed by atoms with Crippen LogP contribution in [0.25, 0.3) is 0 Å². The maximum atomic E-state index is 10.8. The van der Waals surface area contributed by atoms with Crippen molar-refractivity contribution in [2.75, 3.05) is 0 Å². The van der Waals surface area contributed by atoms with E-state index >= 15 is 0 Å². The first kappa shape index (κ1) is 10.2. The second kappa shape index (κ2) is 4.18. The molecule has 0 N–H and O–H groups in total. The van der Waals surface area contributed by atoms with Crippen molar-refractivity contribution in [1.29, 1.82) is 0 Å². The number of carbonyl (C=O) groups is 1. The average Bonchev–Trinajstić information content (AvgIpc) is 1.81. The molecule has 0 atom stereocenters. The lowest BCUT2D eigenvalue weighted by molar-refractivity contribution is -0.118. The molecule has 0 aromatic carbocycles. The zero-order valence-electron chi connectivity index (χ0n) is 7.82. The van der Waals surface area contributed by atoms with Crippen LogP contribution >= 0.6 is 0 Å². The van der Waals surface area contributed by atoms with Gasteiger partial charge in [0.15, 0.2) is 0 Å². The summed E-state index contributed by atoms with van der Waals surface area (Å²) < 4.78 is 0. The molecule has 0 fully saturated rings. The summed E-state index contributed by atoms with van der Waals surface area (Å²) in [5, 5.41) is 0. The van der Waals surface area contributed by atoms with Crippen LogP contribution in [0.2, 0.25) is 0 Å². The van der Waals surface area contributed by atoms with Gasteiger partial charge in [0.1, 0.15) is 5.78 Å². The van der Waals surface area contributed by atoms with Gasteiger partial charge in [0.2, 0.25) is 0 Å². The fourth-order valence-electron chi connectivity index (χ4n) is 1.06. The molecule has 0 aliphatic carbocycles. The molecule has 0 aliphatic rings. The summed E-state index contributed by atoms with van der Waals surface area (Å²) in [6.07, 6.45) is 1.44. The van der Waals surface area contributed by atoms with Crippen molar-refractivity contribution in [3.63, 3.8) is 0 Å². The predicted octanol–water partition coefficient (Wildman–Crippen LogP) is 2.41. The maximum absolute atomic E-state index is 10.8. The van der Waals surface area contributed by atoms with Gasteiger partial charge in [-0.2, -0.15) is 0 Å². The van der Waals surface area contributed by atoms with E-state index in [0.717, 1.165) is 6.42 Å². The van der Waals surface area contributed by atoms with Crippen molar-refractivity contribution in [3.05, 3.63) is 0 Å². The molecule has 0 heterocycles. The normalized spacial score (nSPS) is 10.2. The molecular weight excluding hydrogens is 136 g/mol. The number of Topliss-reactive ketones (excluding diaryl/α,β-unsaturated/α-hetero) is 1. The van der Waals surface area contributed by atoms with Crippen LogP contribution in [-0.4, -0.2) is 5.78 Å². The monoisotopic (exact) mass is 152 g/mol. The minimum atomic E-state index is 0.0504. The third-order valence-electron chi connectivity index (χ3n) is 1.47. The van der Waals surface area contributed by atoms with Crippen LogP contribution in [0.1, 0.15) is 40.5 Å². The van der Waals surface area contributed by atoms with Gasteiger partial charge in [-0.1, -0.05) is 13.8 Å². The number of hydrogen-bond donors (Lipinski definition) is 0. The van der Waals surface area contributed by atoms with Gasteiger partial charge in [-0.15, -0.1) is 11.8 Å². The van der Waals surface area contributed by atoms with Crippen molar-refractivity contribution in [2.24, 2.45) is 5.41 Å². The molecule has 0 rings (SSSR count). The van der Waals surface area contributed by atoms with Gasteiger partial charge >= 0.3 is 0 Å². The molecule has 0 spiro atoms. The second-order valence-electron chi connectivity index (χ2n) is 3.65. The van der Waals surface area contributed by atoms with Gasteiger partial charge in [0, 0.05) is 12.8 Å². The molecule has 0 aromatic rings. The molecule has 1 heteroatoms. The molecule has 0 aliphatic heterocycles. The van der Waals surface area contributed by atoms with E-state index in [-0.39, 0.29) is 11.2 Å². The first-order chi connectivity index (χ1) is 4.98. The lowest BCUT2D eigenvalue weighted by Crippen LogP contribution is -2.14. The zero-order chi connectivity index (χ0) is 8.91. The quantitative estimate of drug-likeness (QED) is 0.567. The van der Waals surface area contributed by atoms with E-state index < -0.39 is 0 Å². The highest BCUT2D eigenvalue weighted by Gasteiger charge is 2.18. The van der Waals surface area contributed by atoms with E-state index in [2.05, 4.69) is 25.7 Å². The minimum absolute atomic E-state index is 0.0504. The Balaban J connectivity index is 3.96. The maximum Gasteiger partial charge on any atom is 0.130 e. The standard InChI is InChI=1S/C10H16O/c1-5-6-7-10(3,4)8-9(2)11/h7-8H2,1-4H3. The van der Waals surface area contributed by atoms with E-state index in [1.54, 1.807) is 6.92 Å². The van der Waals surface area contributed by atoms with E-state index in [1.807, 2.05) is 6.92 Å². The van der Waals surface area contributed by atoms with Crippen LogP contribution in [0.5, 0.6) is 0 Å². The molecule has 0 bridgehead atoms. The Labute approximate surface area is 69.2 Å². The van der Waals surface area contributed by atoms with Crippen LogP contribution in [0, 0.1) is 17.3 Å². The van der Waals surface area contributed by atoms with Crippen LogP contribution in [0.15, 0.2) is 0 Å². The number of hydrogen-bond acceptors (Lipinski definition) is 1. The molecular formula is C10H16O. The van der Waals surface area contributed by atoms with Crippen LogP contribution in [0.4, 0.5) is 0 Å². The highest BCUT2D eigenvalue weighted by atomic mass is 16.1. The Morgan fingerprint density at radius 2 is 2.00 bits per heavy atom. The second-order valence-corrected chi connectivity index (χ2v) is 3.65. The summed E-state index contributed by atoms with van der Waals surface area (Å²) in [5.74, 6) is 6.07. The smallest absolute Gasteiger partial charge is 0.130 e. The molecule has 0 unspecified atom stereocenters. The number of rotatable bonds is 3. The van der Waals surface area contributed by atoms with Gasteiger partial charge in [0.05, 0.1) is 0 Å². The minimum Gasteiger partial charge on any atom is -0.300 e. The number of ketones is 1. The summed E-state index contributed by atoms with van der Waals surface area (Å²) in [7, 11) is 0. The average molecular weight is 152 g/mol. The predicted molar refractivity (Wildman–Crippen MR) is 47.1 cm³/mol. The van der Waals surface area contributed by atoms with E-state index in [1.165, 1.54) is 0 Å². The topological polar surface area (TPSA) is 17.1 Å². The highest BCUT2D eigenvalue weighted by molar-refractivity contribution is 5.76. The lowest BCUT2D eigenvalue weighted by Gasteiger charge is -2.19. The summed E-state index contributed by atoms with van der Waals surface area (Å²) in [6.45, 7) is 7.59. The van der Waals surface area contributed by atoms with E-state index in [9.17, 15) is 4.79 Å². The first-order valence-corrected chi connectivity index (χ1v) is 3.87. The van der Waals surface area contributed by atoms with Crippen LogP contribution in [-0.2, 0) is 4.79 Å². The van der Waals surface area contributed by atoms with Gasteiger partial charge in [-0.3, -0.25) is 0 Å². The Morgan fingerprint density at radius 1 is 1.45 bits per heavy atom. The molecule has 0 aromatic heterocycles. The Morgan fingerprint density at radius 3 is 2.36 bits per heavy atom. The third-order valence-corrected chi connectivity index (χ3v) is 1.47. The Bertz CT molecular complexity index is 191. The van der Waals surface area contributed by atoms with Crippen LogP contribution in [0.3, 0.4) is 0 Å². The summed E-state index contributed by atoms with van der Waals surface area (Å²) in [5.41, 5.74) is 0.0504. The van der Waals surface area contributed by atoms with Crippen molar-refractivity contribution in [2.45, 2.75) is 40.5 Å². The zero-order valence-corrected chi connectivity index (χ0v) is 7.82. The largest absolute Gasteiger partial charge is 0.300 e. The molecule has 0 radical (unpaired) electrons. The molecule has 0 amide bonds. The molecule has 11 heavy (non-hydrogen) atoms. The fourth-order valence-corrected chi connectivity index (χ4v) is 1.06. The first-order valence-electron chi connectivity index (χ1n) is 3.87. The molecule has 62 valence electrons. The Kier molecular flexibility index (Phi) is 3.89. The molecule has 0 saturated heterocycles.